The van der Waals surface area contributed by atoms with Crippen molar-refractivity contribution in [2.75, 3.05) is 5.75 Å². The van der Waals surface area contributed by atoms with E-state index in [1.54, 1.807) is 12.3 Å². The number of hydrogen-bond donors (Lipinski definition) is 2. The Hall–Kier alpha value is -1.14. The van der Waals surface area contributed by atoms with Gasteiger partial charge in [0.25, 0.3) is 0 Å². The summed E-state index contributed by atoms with van der Waals surface area (Å²) in [6.07, 6.45) is 2.34. The lowest BCUT2D eigenvalue weighted by Crippen LogP contribution is -2.02. The quantitative estimate of drug-likeness (QED) is 0.490. The molecule has 0 fully saturated rings. The molecule has 0 spiro atoms. The Balaban J connectivity index is 2.78. The van der Waals surface area contributed by atoms with Crippen LogP contribution in [0, 0.1) is 11.8 Å². The number of rotatable bonds is 1. The van der Waals surface area contributed by atoms with Crippen LogP contribution in [0.3, 0.4) is 0 Å². The number of nitrogens with one attached hydrogen (secondary N) is 1. The molecule has 0 saturated carbocycles. The molecule has 0 aromatic carbocycles. The maximum Gasteiger partial charge on any atom is 0.249 e. The van der Waals surface area contributed by atoms with E-state index in [9.17, 15) is 4.79 Å². The lowest BCUT2D eigenvalue weighted by atomic mass is 10.2. The molecule has 2 nitrogen and oxygen atoms in total. The number of aromatic amines is 1. The molecule has 0 aliphatic heterocycles. The second-order valence-electron chi connectivity index (χ2n) is 2.22. The largest absolute Gasteiger partial charge is 0.329 e. The van der Waals surface area contributed by atoms with Gasteiger partial charge in [-0.25, -0.2) is 0 Å². The highest BCUT2D eigenvalue weighted by molar-refractivity contribution is 7.80. The van der Waals surface area contributed by atoms with E-state index in [1.165, 1.54) is 6.07 Å². The number of thiol groups is 1. The molecule has 3 heteroatoms. The van der Waals surface area contributed by atoms with Crippen LogP contribution in [0.25, 0.3) is 0 Å². The van der Waals surface area contributed by atoms with E-state index < -0.39 is 0 Å². The molecule has 12 heavy (non-hydrogen) atoms. The second kappa shape index (κ2) is 4.68. The predicted molar refractivity (Wildman–Crippen MR) is 52.4 cm³/mol. The van der Waals surface area contributed by atoms with Gasteiger partial charge in [-0.15, -0.1) is 0 Å². The second-order valence-corrected chi connectivity index (χ2v) is 2.66. The molecule has 0 unspecified atom stereocenters. The molecule has 0 aliphatic carbocycles. The highest BCUT2D eigenvalue weighted by Gasteiger charge is 1.85. The summed E-state index contributed by atoms with van der Waals surface area (Å²) < 4.78 is 0. The van der Waals surface area contributed by atoms with Crippen molar-refractivity contribution in [3.05, 3.63) is 34.2 Å². The van der Waals surface area contributed by atoms with Crippen LogP contribution >= 0.6 is 12.6 Å². The summed E-state index contributed by atoms with van der Waals surface area (Å²) >= 11 is 4.02. The molecule has 0 amide bonds. The van der Waals surface area contributed by atoms with Gasteiger partial charge < -0.3 is 4.98 Å². The minimum Gasteiger partial charge on any atom is -0.329 e. The summed E-state index contributed by atoms with van der Waals surface area (Å²) in [7, 11) is 0. The first-order chi connectivity index (χ1) is 5.83. The lowest BCUT2D eigenvalue weighted by molar-refractivity contribution is 1.23. The highest BCUT2D eigenvalue weighted by Crippen LogP contribution is 1.89. The Morgan fingerprint density at radius 2 is 2.42 bits per heavy atom. The van der Waals surface area contributed by atoms with Gasteiger partial charge in [-0.05, 0) is 6.07 Å². The molecule has 1 heterocycles. The number of pyridine rings is 1. The van der Waals surface area contributed by atoms with Gasteiger partial charge in [-0.1, -0.05) is 11.8 Å². The van der Waals surface area contributed by atoms with E-state index in [0.29, 0.717) is 0 Å². The molecule has 0 bridgehead atoms. The van der Waals surface area contributed by atoms with Crippen molar-refractivity contribution in [1.82, 2.24) is 4.98 Å². The van der Waals surface area contributed by atoms with Crippen molar-refractivity contribution < 1.29 is 0 Å². The molecular formula is C9H9NOS. The first kappa shape index (κ1) is 8.95. The summed E-state index contributed by atoms with van der Waals surface area (Å²) in [5, 5.41) is 0. The smallest absolute Gasteiger partial charge is 0.249 e. The average Bonchev–Trinajstić information content (AvgIpc) is 2.05. The van der Waals surface area contributed by atoms with Crippen LogP contribution in [0.2, 0.25) is 0 Å². The van der Waals surface area contributed by atoms with E-state index in [2.05, 4.69) is 29.5 Å². The average molecular weight is 179 g/mol. The normalized spacial score (nSPS) is 8.75. The SMILES string of the molecule is O=c1cc(C#CCCS)cc[nH]1. The minimum atomic E-state index is -0.118. The first-order valence-electron chi connectivity index (χ1n) is 3.61. The van der Waals surface area contributed by atoms with Crippen molar-refractivity contribution in [3.63, 3.8) is 0 Å². The third kappa shape index (κ3) is 2.85. The molecule has 62 valence electrons. The molecular weight excluding hydrogens is 170 g/mol. The van der Waals surface area contributed by atoms with Crippen molar-refractivity contribution in [2.45, 2.75) is 6.42 Å². The third-order valence-electron chi connectivity index (χ3n) is 1.24. The van der Waals surface area contributed by atoms with Gasteiger partial charge in [-0.3, -0.25) is 4.79 Å². The van der Waals surface area contributed by atoms with Crippen molar-refractivity contribution in [1.29, 1.82) is 0 Å². The van der Waals surface area contributed by atoms with Gasteiger partial charge in [0.05, 0.1) is 0 Å². The summed E-state index contributed by atoms with van der Waals surface area (Å²) in [6, 6.07) is 3.25. The van der Waals surface area contributed by atoms with Gasteiger partial charge in [0.15, 0.2) is 0 Å². The summed E-state index contributed by atoms with van der Waals surface area (Å²) in [6.45, 7) is 0. The Kier molecular flexibility index (Phi) is 3.49. The summed E-state index contributed by atoms with van der Waals surface area (Å²) in [5.41, 5.74) is 0.633. The fourth-order valence-electron chi connectivity index (χ4n) is 0.743. The molecule has 1 N–H and O–H groups in total. The Labute approximate surface area is 76.4 Å². The summed E-state index contributed by atoms with van der Waals surface area (Å²) in [5.74, 6) is 6.51. The van der Waals surface area contributed by atoms with Crippen LogP contribution < -0.4 is 5.56 Å². The molecule has 0 saturated heterocycles. The van der Waals surface area contributed by atoms with Crippen LogP contribution in [0.1, 0.15) is 12.0 Å². The monoisotopic (exact) mass is 179 g/mol. The zero-order chi connectivity index (χ0) is 8.81. The zero-order valence-corrected chi connectivity index (χ0v) is 7.40. The molecule has 0 aliphatic rings. The molecule has 1 aromatic rings. The highest BCUT2D eigenvalue weighted by atomic mass is 32.1. The number of aromatic nitrogens is 1. The van der Waals surface area contributed by atoms with Crippen molar-refractivity contribution in [3.8, 4) is 11.8 Å². The van der Waals surface area contributed by atoms with Crippen LogP contribution in [0.15, 0.2) is 23.1 Å². The van der Waals surface area contributed by atoms with Gasteiger partial charge >= 0.3 is 0 Å². The first-order valence-corrected chi connectivity index (χ1v) is 4.24. The van der Waals surface area contributed by atoms with E-state index in [1.807, 2.05) is 0 Å². The standard InChI is InChI=1S/C9H9NOS/c11-9-7-8(4-5-10-9)3-1-2-6-12/h4-5,7,12H,2,6H2,(H,10,11). The maximum atomic E-state index is 10.8. The topological polar surface area (TPSA) is 32.9 Å². The van der Waals surface area contributed by atoms with Gasteiger partial charge in [0.1, 0.15) is 0 Å². The third-order valence-corrected chi connectivity index (χ3v) is 1.47. The van der Waals surface area contributed by atoms with Crippen molar-refractivity contribution >= 4 is 12.6 Å². The maximum absolute atomic E-state index is 10.8. The van der Waals surface area contributed by atoms with Crippen molar-refractivity contribution in [2.24, 2.45) is 0 Å². The van der Waals surface area contributed by atoms with E-state index in [0.717, 1.165) is 17.7 Å². The van der Waals surface area contributed by atoms with Gasteiger partial charge in [0, 0.05) is 30.0 Å². The Morgan fingerprint density at radius 1 is 1.58 bits per heavy atom. The van der Waals surface area contributed by atoms with Gasteiger partial charge in [-0.2, -0.15) is 12.6 Å². The van der Waals surface area contributed by atoms with E-state index >= 15 is 0 Å². The number of hydrogen-bond acceptors (Lipinski definition) is 2. The fraction of sp³-hybridized carbons (Fsp3) is 0.222. The van der Waals surface area contributed by atoms with Crippen LogP contribution in [0.5, 0.6) is 0 Å². The fourth-order valence-corrected chi connectivity index (χ4v) is 0.855. The molecule has 1 rings (SSSR count). The Morgan fingerprint density at radius 3 is 3.08 bits per heavy atom. The molecule has 0 atom stereocenters. The summed E-state index contributed by atoms with van der Waals surface area (Å²) in [4.78, 5) is 13.3. The van der Waals surface area contributed by atoms with Crippen LogP contribution in [0.4, 0.5) is 0 Å². The minimum absolute atomic E-state index is 0.118. The Bertz CT molecular complexity index is 359. The zero-order valence-electron chi connectivity index (χ0n) is 6.50. The number of H-pyrrole nitrogens is 1. The predicted octanol–water partition coefficient (Wildman–Crippen LogP) is 1.05. The molecule has 1 aromatic heterocycles. The van der Waals surface area contributed by atoms with E-state index in [4.69, 9.17) is 0 Å². The van der Waals surface area contributed by atoms with Crippen LogP contribution in [-0.2, 0) is 0 Å². The van der Waals surface area contributed by atoms with E-state index in [-0.39, 0.29) is 5.56 Å². The molecule has 0 radical (unpaired) electrons. The van der Waals surface area contributed by atoms with Crippen LogP contribution in [-0.4, -0.2) is 10.7 Å². The lowest BCUT2D eigenvalue weighted by Gasteiger charge is -1.85. The van der Waals surface area contributed by atoms with Gasteiger partial charge in [0.2, 0.25) is 5.56 Å².